The minimum atomic E-state index is -0.844. The molecule has 0 fully saturated rings. The van der Waals surface area contributed by atoms with Crippen LogP contribution < -0.4 is 10.5 Å². The van der Waals surface area contributed by atoms with Crippen molar-refractivity contribution < 1.29 is 9.53 Å². The number of rotatable bonds is 1. The molecule has 2 aromatic rings. The minimum absolute atomic E-state index is 0.269. The molecule has 0 bridgehead atoms. The Morgan fingerprint density at radius 3 is 3.07 bits per heavy atom. The van der Waals surface area contributed by atoms with Crippen LogP contribution >= 0.6 is 27.3 Å². The smallest absolute Gasteiger partial charge is 0.381 e. The average molecular weight is 273 g/mol. The molecule has 1 amide bonds. The first-order valence-corrected chi connectivity index (χ1v) is 5.29. The zero-order chi connectivity index (χ0) is 10.1. The predicted octanol–water partition coefficient (Wildman–Crippen LogP) is 2.52. The Hall–Kier alpha value is -1.14. The SMILES string of the molecule is NC(=O)Oc1nc2ccc(Br)cc2s1. The molecule has 1 aromatic heterocycles. The Kier molecular flexibility index (Phi) is 2.39. The van der Waals surface area contributed by atoms with Crippen LogP contribution in [0.25, 0.3) is 10.2 Å². The van der Waals surface area contributed by atoms with E-state index in [9.17, 15) is 4.79 Å². The monoisotopic (exact) mass is 272 g/mol. The molecule has 1 aromatic carbocycles. The van der Waals surface area contributed by atoms with Crippen molar-refractivity contribution in [2.75, 3.05) is 0 Å². The number of carbonyl (C=O) groups is 1. The van der Waals surface area contributed by atoms with Gasteiger partial charge in [-0.15, -0.1) is 0 Å². The highest BCUT2D eigenvalue weighted by molar-refractivity contribution is 9.10. The Labute approximate surface area is 91.8 Å². The highest BCUT2D eigenvalue weighted by Gasteiger charge is 2.06. The third-order valence-corrected chi connectivity index (χ3v) is 2.91. The Morgan fingerprint density at radius 1 is 1.57 bits per heavy atom. The molecule has 14 heavy (non-hydrogen) atoms. The highest BCUT2D eigenvalue weighted by Crippen LogP contribution is 2.29. The lowest BCUT2D eigenvalue weighted by atomic mass is 10.3. The van der Waals surface area contributed by atoms with Crippen LogP contribution in [-0.2, 0) is 0 Å². The molecule has 72 valence electrons. The summed E-state index contributed by atoms with van der Waals surface area (Å²) in [4.78, 5) is 14.5. The van der Waals surface area contributed by atoms with E-state index in [4.69, 9.17) is 5.73 Å². The van der Waals surface area contributed by atoms with Crippen molar-refractivity contribution in [1.29, 1.82) is 0 Å². The Morgan fingerprint density at radius 2 is 2.36 bits per heavy atom. The molecule has 2 rings (SSSR count). The highest BCUT2D eigenvalue weighted by atomic mass is 79.9. The second kappa shape index (κ2) is 3.55. The van der Waals surface area contributed by atoms with Gasteiger partial charge < -0.3 is 10.5 Å². The van der Waals surface area contributed by atoms with Gasteiger partial charge in [0, 0.05) is 4.47 Å². The van der Waals surface area contributed by atoms with Crippen LogP contribution in [0.15, 0.2) is 22.7 Å². The second-order valence-corrected chi connectivity index (χ2v) is 4.42. The molecule has 0 spiro atoms. The molecule has 0 saturated carbocycles. The number of hydrogen-bond donors (Lipinski definition) is 1. The van der Waals surface area contributed by atoms with Crippen molar-refractivity contribution in [3.05, 3.63) is 22.7 Å². The summed E-state index contributed by atoms with van der Waals surface area (Å²) in [6.07, 6.45) is -0.844. The van der Waals surface area contributed by atoms with Crippen LogP contribution in [0.5, 0.6) is 5.19 Å². The standard InChI is InChI=1S/C8H5BrN2O2S/c9-4-1-2-5-6(3-4)14-8(11-5)13-7(10)12/h1-3H,(H2,10,12). The number of amides is 1. The molecule has 4 nitrogen and oxygen atoms in total. The summed E-state index contributed by atoms with van der Waals surface area (Å²) in [5.41, 5.74) is 5.66. The van der Waals surface area contributed by atoms with Gasteiger partial charge in [0.15, 0.2) is 0 Å². The van der Waals surface area contributed by atoms with Gasteiger partial charge in [-0.25, -0.2) is 9.78 Å². The number of carbonyl (C=O) groups excluding carboxylic acids is 1. The second-order valence-electron chi connectivity index (χ2n) is 2.51. The molecular weight excluding hydrogens is 268 g/mol. The molecule has 6 heteroatoms. The first kappa shape index (κ1) is 9.42. The quantitative estimate of drug-likeness (QED) is 0.868. The maximum atomic E-state index is 10.5. The van der Waals surface area contributed by atoms with Gasteiger partial charge in [0.25, 0.3) is 5.19 Å². The van der Waals surface area contributed by atoms with Gasteiger partial charge in [-0.1, -0.05) is 27.3 Å². The fourth-order valence-electron chi connectivity index (χ4n) is 1.01. The van der Waals surface area contributed by atoms with Crippen LogP contribution in [-0.4, -0.2) is 11.1 Å². The summed E-state index contributed by atoms with van der Waals surface area (Å²) in [6.45, 7) is 0. The van der Waals surface area contributed by atoms with Crippen molar-refractivity contribution >= 4 is 43.6 Å². The lowest BCUT2D eigenvalue weighted by molar-refractivity contribution is 0.211. The summed E-state index contributed by atoms with van der Waals surface area (Å²) < 4.78 is 6.57. The fraction of sp³-hybridized carbons (Fsp3) is 0. The van der Waals surface area contributed by atoms with Crippen LogP contribution in [0.2, 0.25) is 0 Å². The molecule has 0 aliphatic carbocycles. The van der Waals surface area contributed by atoms with E-state index in [1.165, 1.54) is 11.3 Å². The molecule has 0 radical (unpaired) electrons. The number of primary amides is 1. The molecule has 0 saturated heterocycles. The zero-order valence-corrected chi connectivity index (χ0v) is 9.26. The largest absolute Gasteiger partial charge is 0.411 e. The topological polar surface area (TPSA) is 65.2 Å². The molecule has 0 aliphatic heterocycles. The van der Waals surface area contributed by atoms with E-state index < -0.39 is 6.09 Å². The zero-order valence-electron chi connectivity index (χ0n) is 6.86. The Bertz CT molecular complexity index is 497. The molecule has 1 heterocycles. The van der Waals surface area contributed by atoms with Gasteiger partial charge in [0.05, 0.1) is 10.2 Å². The number of fused-ring (bicyclic) bond motifs is 1. The van der Waals surface area contributed by atoms with E-state index in [-0.39, 0.29) is 5.19 Å². The van der Waals surface area contributed by atoms with Gasteiger partial charge in [-0.05, 0) is 18.2 Å². The van der Waals surface area contributed by atoms with Gasteiger partial charge in [0.1, 0.15) is 0 Å². The van der Waals surface area contributed by atoms with Crippen LogP contribution in [0.4, 0.5) is 4.79 Å². The van der Waals surface area contributed by atoms with Gasteiger partial charge in [-0.2, -0.15) is 0 Å². The number of hydrogen-bond acceptors (Lipinski definition) is 4. The molecule has 0 atom stereocenters. The van der Waals surface area contributed by atoms with Crippen molar-refractivity contribution in [2.45, 2.75) is 0 Å². The van der Waals surface area contributed by atoms with Crippen molar-refractivity contribution in [2.24, 2.45) is 5.73 Å². The first-order chi connectivity index (χ1) is 6.65. The number of nitrogens with two attached hydrogens (primary N) is 1. The summed E-state index contributed by atoms with van der Waals surface area (Å²) in [6, 6.07) is 5.61. The molecule has 0 unspecified atom stereocenters. The number of halogens is 1. The number of benzene rings is 1. The van der Waals surface area contributed by atoms with Crippen molar-refractivity contribution in [3.8, 4) is 5.19 Å². The summed E-state index contributed by atoms with van der Waals surface area (Å²) in [5.74, 6) is 0. The van der Waals surface area contributed by atoms with Gasteiger partial charge in [-0.3, -0.25) is 0 Å². The fourth-order valence-corrected chi connectivity index (χ4v) is 2.38. The van der Waals surface area contributed by atoms with E-state index >= 15 is 0 Å². The minimum Gasteiger partial charge on any atom is -0.381 e. The van der Waals surface area contributed by atoms with Crippen LogP contribution in [0.3, 0.4) is 0 Å². The third-order valence-electron chi connectivity index (χ3n) is 1.52. The van der Waals surface area contributed by atoms with Crippen LogP contribution in [0, 0.1) is 0 Å². The first-order valence-electron chi connectivity index (χ1n) is 3.68. The van der Waals surface area contributed by atoms with Gasteiger partial charge >= 0.3 is 6.09 Å². The predicted molar refractivity (Wildman–Crippen MR) is 57.5 cm³/mol. The van der Waals surface area contributed by atoms with E-state index in [1.807, 2.05) is 18.2 Å². The number of aromatic nitrogens is 1. The van der Waals surface area contributed by atoms with E-state index in [0.29, 0.717) is 0 Å². The average Bonchev–Trinajstić information content (AvgIpc) is 2.44. The number of thiazole rings is 1. The summed E-state index contributed by atoms with van der Waals surface area (Å²) >= 11 is 4.61. The Balaban J connectivity index is 2.46. The molecular formula is C8H5BrN2O2S. The van der Waals surface area contributed by atoms with Crippen molar-refractivity contribution in [1.82, 2.24) is 4.98 Å². The van der Waals surface area contributed by atoms with Crippen LogP contribution in [0.1, 0.15) is 0 Å². The van der Waals surface area contributed by atoms with Gasteiger partial charge in [0.2, 0.25) is 0 Å². The summed E-state index contributed by atoms with van der Waals surface area (Å²) in [5, 5.41) is 0.269. The van der Waals surface area contributed by atoms with E-state index in [2.05, 4.69) is 25.7 Å². The maximum absolute atomic E-state index is 10.5. The van der Waals surface area contributed by atoms with Crippen molar-refractivity contribution in [3.63, 3.8) is 0 Å². The van der Waals surface area contributed by atoms with E-state index in [0.717, 1.165) is 14.7 Å². The number of nitrogens with zero attached hydrogens (tertiary/aromatic N) is 1. The van der Waals surface area contributed by atoms with E-state index in [1.54, 1.807) is 0 Å². The normalized spacial score (nSPS) is 10.4. The lowest BCUT2D eigenvalue weighted by Gasteiger charge is -1.90. The molecule has 0 aliphatic rings. The maximum Gasteiger partial charge on any atom is 0.411 e. The number of ether oxygens (including phenoxy) is 1. The summed E-state index contributed by atoms with van der Waals surface area (Å²) in [7, 11) is 0. The lowest BCUT2D eigenvalue weighted by Crippen LogP contribution is -2.15. The third kappa shape index (κ3) is 1.85. The molecule has 2 N–H and O–H groups in total.